The number of carbonyl (C=O) groups is 3. The molecular weight excluding hydrogens is 432 g/mol. The Morgan fingerprint density at radius 3 is 2.47 bits per heavy atom. The van der Waals surface area contributed by atoms with Crippen molar-refractivity contribution in [3.8, 4) is 0 Å². The van der Waals surface area contributed by atoms with Gasteiger partial charge in [0.25, 0.3) is 5.91 Å². The van der Waals surface area contributed by atoms with Crippen molar-refractivity contribution < 1.29 is 19.1 Å². The van der Waals surface area contributed by atoms with Gasteiger partial charge < -0.3 is 15.0 Å². The molecule has 2 amide bonds. The predicted octanol–water partition coefficient (Wildman–Crippen LogP) is 4.21. The smallest absolute Gasteiger partial charge is 0.410 e. The maximum Gasteiger partial charge on any atom is 0.410 e. The molecule has 2 fully saturated rings. The molecule has 0 unspecified atom stereocenters. The SMILES string of the molecule is CC(C)(C)OC(=O)N1CC2(CC(C(=O)c3cccc(NC(=O)c4ccc(Cl)cn4)n3)C2)C1. The summed E-state index contributed by atoms with van der Waals surface area (Å²) in [6.07, 6.45) is 2.52. The highest BCUT2D eigenvalue weighted by atomic mass is 35.5. The van der Waals surface area contributed by atoms with E-state index in [2.05, 4.69) is 15.3 Å². The molecular formula is C23H25ClN4O4. The number of ketones is 1. The number of rotatable bonds is 4. The molecule has 3 heterocycles. The summed E-state index contributed by atoms with van der Waals surface area (Å²) in [6, 6.07) is 8.05. The molecule has 4 rings (SSSR count). The van der Waals surface area contributed by atoms with Crippen molar-refractivity contribution in [3.05, 3.63) is 52.9 Å². The molecule has 168 valence electrons. The molecule has 2 aromatic heterocycles. The Kier molecular flexibility index (Phi) is 5.67. The Balaban J connectivity index is 1.31. The number of hydrogen-bond donors (Lipinski definition) is 1. The van der Waals surface area contributed by atoms with E-state index in [9.17, 15) is 14.4 Å². The first-order valence-corrected chi connectivity index (χ1v) is 10.8. The van der Waals surface area contributed by atoms with Crippen LogP contribution >= 0.6 is 11.6 Å². The molecule has 1 aliphatic carbocycles. The van der Waals surface area contributed by atoms with Crippen molar-refractivity contribution in [2.45, 2.75) is 39.2 Å². The van der Waals surface area contributed by atoms with Gasteiger partial charge in [-0.2, -0.15) is 0 Å². The van der Waals surface area contributed by atoms with E-state index in [1.165, 1.54) is 12.3 Å². The summed E-state index contributed by atoms with van der Waals surface area (Å²) in [5.74, 6) is -0.330. The van der Waals surface area contributed by atoms with Crippen molar-refractivity contribution in [1.82, 2.24) is 14.9 Å². The number of hydrogen-bond acceptors (Lipinski definition) is 6. The highest BCUT2D eigenvalue weighted by Gasteiger charge is 2.56. The van der Waals surface area contributed by atoms with Gasteiger partial charge in [-0.1, -0.05) is 17.7 Å². The standard InChI is InChI=1S/C23H25ClN4O4/c1-22(2,3)32-21(31)28-12-23(13-28)9-14(10-23)19(29)16-5-4-6-18(26-16)27-20(30)17-8-7-15(24)11-25-17/h4-8,11,14H,9-10,12-13H2,1-3H3,(H,26,27,30). The third-order valence-corrected chi connectivity index (χ3v) is 5.86. The van der Waals surface area contributed by atoms with Crippen molar-refractivity contribution in [2.24, 2.45) is 11.3 Å². The summed E-state index contributed by atoms with van der Waals surface area (Å²) in [6.45, 7) is 6.75. The van der Waals surface area contributed by atoms with Crippen LogP contribution in [0.2, 0.25) is 5.02 Å². The van der Waals surface area contributed by atoms with Gasteiger partial charge in [-0.25, -0.2) is 14.8 Å². The number of nitrogens with one attached hydrogen (secondary N) is 1. The van der Waals surface area contributed by atoms with E-state index in [0.29, 0.717) is 23.8 Å². The second-order valence-corrected chi connectivity index (χ2v) is 9.97. The maximum absolute atomic E-state index is 12.9. The molecule has 0 bridgehead atoms. The molecule has 2 aliphatic rings. The van der Waals surface area contributed by atoms with E-state index in [4.69, 9.17) is 16.3 Å². The first-order chi connectivity index (χ1) is 15.0. The fourth-order valence-corrected chi connectivity index (χ4v) is 4.30. The topological polar surface area (TPSA) is 101 Å². The lowest BCUT2D eigenvalue weighted by Gasteiger charge is -2.58. The summed E-state index contributed by atoms with van der Waals surface area (Å²) in [5, 5.41) is 3.09. The lowest BCUT2D eigenvalue weighted by molar-refractivity contribution is -0.0865. The summed E-state index contributed by atoms with van der Waals surface area (Å²) in [7, 11) is 0. The Morgan fingerprint density at radius 1 is 1.12 bits per heavy atom. The second-order valence-electron chi connectivity index (χ2n) is 9.53. The second kappa shape index (κ2) is 8.16. The highest BCUT2D eigenvalue weighted by Crippen LogP contribution is 2.52. The number of anilines is 1. The van der Waals surface area contributed by atoms with E-state index in [-0.39, 0.29) is 34.7 Å². The predicted molar refractivity (Wildman–Crippen MR) is 119 cm³/mol. The van der Waals surface area contributed by atoms with Crippen molar-refractivity contribution in [3.63, 3.8) is 0 Å². The van der Waals surface area contributed by atoms with Crippen LogP contribution in [0.1, 0.15) is 54.6 Å². The van der Waals surface area contributed by atoms with E-state index >= 15 is 0 Å². The number of pyridine rings is 2. The molecule has 1 aliphatic heterocycles. The number of amides is 2. The summed E-state index contributed by atoms with van der Waals surface area (Å²) < 4.78 is 5.39. The van der Waals surface area contributed by atoms with E-state index in [0.717, 1.165) is 12.8 Å². The molecule has 0 radical (unpaired) electrons. The third-order valence-electron chi connectivity index (χ3n) is 5.64. The normalized spacial score (nSPS) is 17.3. The van der Waals surface area contributed by atoms with Crippen LogP contribution in [0.25, 0.3) is 0 Å². The summed E-state index contributed by atoms with van der Waals surface area (Å²) in [4.78, 5) is 47.3. The minimum atomic E-state index is -0.520. The Morgan fingerprint density at radius 2 is 1.84 bits per heavy atom. The van der Waals surface area contributed by atoms with Gasteiger partial charge >= 0.3 is 6.09 Å². The van der Waals surface area contributed by atoms with E-state index < -0.39 is 11.5 Å². The first kappa shape index (κ1) is 22.2. The lowest BCUT2D eigenvalue weighted by Crippen LogP contribution is -2.65. The Labute approximate surface area is 191 Å². The van der Waals surface area contributed by atoms with Crippen molar-refractivity contribution >= 4 is 35.2 Å². The monoisotopic (exact) mass is 456 g/mol. The van der Waals surface area contributed by atoms with E-state index in [1.807, 2.05) is 20.8 Å². The Hall–Kier alpha value is -3.00. The molecule has 32 heavy (non-hydrogen) atoms. The molecule has 1 saturated carbocycles. The molecule has 1 saturated heterocycles. The van der Waals surface area contributed by atoms with Crippen LogP contribution in [0.4, 0.5) is 10.6 Å². The number of halogens is 1. The van der Waals surface area contributed by atoms with Gasteiger partial charge in [0.2, 0.25) is 0 Å². The zero-order valence-electron chi connectivity index (χ0n) is 18.2. The number of nitrogens with zero attached hydrogens (tertiary/aromatic N) is 3. The number of likely N-dealkylation sites (tertiary alicyclic amines) is 1. The van der Waals surface area contributed by atoms with Gasteiger partial charge in [-0.3, -0.25) is 9.59 Å². The van der Waals surface area contributed by atoms with Gasteiger partial charge in [-0.15, -0.1) is 0 Å². The molecule has 1 spiro atoms. The van der Waals surface area contributed by atoms with Gasteiger partial charge in [0, 0.05) is 30.6 Å². The molecule has 9 heteroatoms. The van der Waals surface area contributed by atoms with Crippen LogP contribution in [0.15, 0.2) is 36.5 Å². The molecule has 0 atom stereocenters. The van der Waals surface area contributed by atoms with Crippen molar-refractivity contribution in [1.29, 1.82) is 0 Å². The van der Waals surface area contributed by atoms with Gasteiger partial charge in [-0.05, 0) is 57.9 Å². The van der Waals surface area contributed by atoms with Crippen LogP contribution in [-0.2, 0) is 4.74 Å². The van der Waals surface area contributed by atoms with Crippen LogP contribution in [-0.4, -0.2) is 51.3 Å². The highest BCUT2D eigenvalue weighted by molar-refractivity contribution is 6.30. The lowest BCUT2D eigenvalue weighted by atomic mass is 9.56. The largest absolute Gasteiger partial charge is 0.444 e. The van der Waals surface area contributed by atoms with Crippen LogP contribution in [0.3, 0.4) is 0 Å². The number of carbonyl (C=O) groups excluding carboxylic acids is 3. The van der Waals surface area contributed by atoms with Gasteiger partial charge in [0.15, 0.2) is 5.78 Å². The van der Waals surface area contributed by atoms with Crippen LogP contribution < -0.4 is 5.32 Å². The van der Waals surface area contributed by atoms with Gasteiger partial charge in [0.05, 0.1) is 5.02 Å². The fourth-order valence-electron chi connectivity index (χ4n) is 4.19. The number of aromatic nitrogens is 2. The average Bonchev–Trinajstić information content (AvgIpc) is 2.65. The zero-order chi connectivity index (χ0) is 23.1. The summed E-state index contributed by atoms with van der Waals surface area (Å²) >= 11 is 5.79. The molecule has 0 aromatic carbocycles. The number of Topliss-reactive ketones (excluding diaryl/α,β-unsaturated/α-hetero) is 1. The zero-order valence-corrected chi connectivity index (χ0v) is 19.0. The quantitative estimate of drug-likeness (QED) is 0.691. The summed E-state index contributed by atoms with van der Waals surface area (Å²) in [5.41, 5.74) is 0.000184. The molecule has 1 N–H and O–H groups in total. The molecule has 2 aromatic rings. The third kappa shape index (κ3) is 4.75. The van der Waals surface area contributed by atoms with Gasteiger partial charge in [0.1, 0.15) is 22.8 Å². The molecule has 8 nitrogen and oxygen atoms in total. The minimum Gasteiger partial charge on any atom is -0.444 e. The van der Waals surface area contributed by atoms with Crippen LogP contribution in [0, 0.1) is 11.3 Å². The Bertz CT molecular complexity index is 1050. The van der Waals surface area contributed by atoms with Crippen LogP contribution in [0.5, 0.6) is 0 Å². The maximum atomic E-state index is 12.9. The fraction of sp³-hybridized carbons (Fsp3) is 0.435. The number of ether oxygens (including phenoxy) is 1. The average molecular weight is 457 g/mol. The first-order valence-electron chi connectivity index (χ1n) is 10.5. The minimum absolute atomic E-state index is 0.00328. The van der Waals surface area contributed by atoms with E-state index in [1.54, 1.807) is 29.2 Å². The van der Waals surface area contributed by atoms with Crippen molar-refractivity contribution in [2.75, 3.05) is 18.4 Å².